The number of benzene rings is 1. The lowest BCUT2D eigenvalue weighted by Gasteiger charge is -2.13. The Labute approximate surface area is 130 Å². The molecule has 0 spiro atoms. The molecule has 0 aliphatic rings. The first-order valence-corrected chi connectivity index (χ1v) is 8.34. The van der Waals surface area contributed by atoms with E-state index < -0.39 is 10.0 Å². The van der Waals surface area contributed by atoms with Gasteiger partial charge in [-0.15, -0.1) is 0 Å². The fourth-order valence-corrected chi connectivity index (χ4v) is 3.04. The molecule has 1 aromatic rings. The van der Waals surface area contributed by atoms with E-state index in [1.54, 1.807) is 19.1 Å². The van der Waals surface area contributed by atoms with Crippen LogP contribution in [-0.2, 0) is 14.8 Å². The second-order valence-electron chi connectivity index (χ2n) is 4.59. The second kappa shape index (κ2) is 7.48. The SMILES string of the molecule is CCC(C)NS(=O)(=O)c1ccc(NC(=S)NC(C)=O)cc1. The van der Waals surface area contributed by atoms with Gasteiger partial charge in [0.2, 0.25) is 15.9 Å². The Kier molecular flexibility index (Phi) is 6.25. The van der Waals surface area contributed by atoms with Crippen molar-refractivity contribution in [1.29, 1.82) is 0 Å². The minimum atomic E-state index is -3.52. The van der Waals surface area contributed by atoms with Gasteiger partial charge in [-0.05, 0) is 49.8 Å². The molecule has 0 saturated carbocycles. The average Bonchev–Trinajstić information content (AvgIpc) is 2.37. The van der Waals surface area contributed by atoms with Crippen LogP contribution in [0, 0.1) is 0 Å². The van der Waals surface area contributed by atoms with Crippen molar-refractivity contribution in [2.24, 2.45) is 0 Å². The zero-order valence-electron chi connectivity index (χ0n) is 12.1. The Hall–Kier alpha value is -1.51. The van der Waals surface area contributed by atoms with Crippen LogP contribution in [0.1, 0.15) is 27.2 Å². The van der Waals surface area contributed by atoms with E-state index in [9.17, 15) is 13.2 Å². The van der Waals surface area contributed by atoms with E-state index in [4.69, 9.17) is 12.2 Å². The number of carbonyl (C=O) groups is 1. The van der Waals surface area contributed by atoms with Crippen LogP contribution in [0.5, 0.6) is 0 Å². The maximum atomic E-state index is 12.1. The summed E-state index contributed by atoms with van der Waals surface area (Å²) in [4.78, 5) is 11.0. The molecule has 21 heavy (non-hydrogen) atoms. The van der Waals surface area contributed by atoms with Crippen LogP contribution in [-0.4, -0.2) is 25.5 Å². The molecule has 0 aliphatic carbocycles. The van der Waals surface area contributed by atoms with Crippen LogP contribution < -0.4 is 15.4 Å². The Morgan fingerprint density at radius 1 is 1.29 bits per heavy atom. The van der Waals surface area contributed by atoms with E-state index >= 15 is 0 Å². The lowest BCUT2D eigenvalue weighted by atomic mass is 10.3. The van der Waals surface area contributed by atoms with Crippen LogP contribution in [0.2, 0.25) is 0 Å². The lowest BCUT2D eigenvalue weighted by molar-refractivity contribution is -0.117. The number of amides is 1. The van der Waals surface area contributed by atoms with E-state index in [1.165, 1.54) is 19.1 Å². The van der Waals surface area contributed by atoms with Gasteiger partial charge in [0.25, 0.3) is 0 Å². The third-order valence-electron chi connectivity index (χ3n) is 2.68. The summed E-state index contributed by atoms with van der Waals surface area (Å²) in [5, 5.41) is 5.37. The number of nitrogens with one attached hydrogen (secondary N) is 3. The van der Waals surface area contributed by atoms with Crippen LogP contribution in [0.15, 0.2) is 29.2 Å². The van der Waals surface area contributed by atoms with Crippen molar-refractivity contribution in [1.82, 2.24) is 10.0 Å². The van der Waals surface area contributed by atoms with Gasteiger partial charge in [0.05, 0.1) is 4.90 Å². The number of hydrogen-bond donors (Lipinski definition) is 3. The van der Waals surface area contributed by atoms with Crippen molar-refractivity contribution in [2.75, 3.05) is 5.32 Å². The number of anilines is 1. The van der Waals surface area contributed by atoms with Crippen molar-refractivity contribution in [3.63, 3.8) is 0 Å². The molecular weight excluding hydrogens is 310 g/mol. The van der Waals surface area contributed by atoms with E-state index in [1.807, 2.05) is 6.92 Å². The number of hydrogen-bond acceptors (Lipinski definition) is 4. The molecule has 1 unspecified atom stereocenters. The van der Waals surface area contributed by atoms with Gasteiger partial charge in [-0.2, -0.15) is 0 Å². The monoisotopic (exact) mass is 329 g/mol. The van der Waals surface area contributed by atoms with Crippen LogP contribution >= 0.6 is 12.2 Å². The van der Waals surface area contributed by atoms with Gasteiger partial charge in [-0.1, -0.05) is 6.92 Å². The van der Waals surface area contributed by atoms with Crippen molar-refractivity contribution in [2.45, 2.75) is 38.1 Å². The lowest BCUT2D eigenvalue weighted by Crippen LogP contribution is -2.32. The molecule has 116 valence electrons. The first kappa shape index (κ1) is 17.5. The van der Waals surface area contributed by atoms with Gasteiger partial charge >= 0.3 is 0 Å². The average molecular weight is 329 g/mol. The van der Waals surface area contributed by atoms with Crippen molar-refractivity contribution >= 4 is 38.9 Å². The summed E-state index contributed by atoms with van der Waals surface area (Å²) < 4.78 is 26.7. The molecule has 0 aliphatic heterocycles. The molecule has 0 heterocycles. The normalized spacial score (nSPS) is 12.5. The number of rotatable bonds is 5. The van der Waals surface area contributed by atoms with E-state index in [0.717, 1.165) is 0 Å². The van der Waals surface area contributed by atoms with Gasteiger partial charge in [0.1, 0.15) is 0 Å². The highest BCUT2D eigenvalue weighted by Gasteiger charge is 2.16. The minimum Gasteiger partial charge on any atom is -0.332 e. The van der Waals surface area contributed by atoms with Crippen LogP contribution in [0.4, 0.5) is 5.69 Å². The molecule has 0 radical (unpaired) electrons. The molecule has 8 heteroatoms. The summed E-state index contributed by atoms with van der Waals surface area (Å²) in [6, 6.07) is 5.99. The molecule has 6 nitrogen and oxygen atoms in total. The topological polar surface area (TPSA) is 87.3 Å². The summed E-state index contributed by atoms with van der Waals surface area (Å²) >= 11 is 4.92. The molecular formula is C13H19N3O3S2. The molecule has 3 N–H and O–H groups in total. The summed E-state index contributed by atoms with van der Waals surface area (Å²) in [6.07, 6.45) is 0.712. The van der Waals surface area contributed by atoms with Crippen LogP contribution in [0.3, 0.4) is 0 Å². The summed E-state index contributed by atoms with van der Waals surface area (Å²) in [5.41, 5.74) is 0.594. The van der Waals surface area contributed by atoms with Crippen molar-refractivity contribution < 1.29 is 13.2 Å². The predicted octanol–water partition coefficient (Wildman–Crippen LogP) is 1.60. The summed E-state index contributed by atoms with van der Waals surface area (Å²) in [7, 11) is -3.52. The second-order valence-corrected chi connectivity index (χ2v) is 6.71. The van der Waals surface area contributed by atoms with E-state index in [0.29, 0.717) is 12.1 Å². The van der Waals surface area contributed by atoms with E-state index in [-0.39, 0.29) is 22.0 Å². The fourth-order valence-electron chi connectivity index (χ4n) is 1.46. The summed E-state index contributed by atoms with van der Waals surface area (Å²) in [5.74, 6) is -0.274. The Balaban J connectivity index is 2.78. The van der Waals surface area contributed by atoms with Crippen molar-refractivity contribution in [3.8, 4) is 0 Å². The molecule has 0 aromatic heterocycles. The fraction of sp³-hybridized carbons (Fsp3) is 0.385. The smallest absolute Gasteiger partial charge is 0.240 e. The molecule has 1 rings (SSSR count). The molecule has 0 bridgehead atoms. The van der Waals surface area contributed by atoms with Crippen LogP contribution in [0.25, 0.3) is 0 Å². The van der Waals surface area contributed by atoms with Gasteiger partial charge in [0.15, 0.2) is 5.11 Å². The highest BCUT2D eigenvalue weighted by Crippen LogP contribution is 2.14. The Bertz CT molecular complexity index is 612. The number of carbonyl (C=O) groups excluding carboxylic acids is 1. The van der Waals surface area contributed by atoms with E-state index in [2.05, 4.69) is 15.4 Å². The predicted molar refractivity (Wildman–Crippen MR) is 86.6 cm³/mol. The third-order valence-corrected chi connectivity index (χ3v) is 4.49. The quantitative estimate of drug-likeness (QED) is 0.714. The van der Waals surface area contributed by atoms with Crippen molar-refractivity contribution in [3.05, 3.63) is 24.3 Å². The maximum absolute atomic E-state index is 12.1. The van der Waals surface area contributed by atoms with Gasteiger partial charge < -0.3 is 10.6 Å². The number of sulfonamides is 1. The molecule has 1 atom stereocenters. The molecule has 1 amide bonds. The first-order valence-electron chi connectivity index (χ1n) is 6.45. The summed E-state index contributed by atoms with van der Waals surface area (Å²) in [6.45, 7) is 5.06. The number of thiocarbonyl (C=S) groups is 1. The zero-order chi connectivity index (χ0) is 16.0. The highest BCUT2D eigenvalue weighted by molar-refractivity contribution is 7.89. The van der Waals surface area contributed by atoms with Gasteiger partial charge in [-0.25, -0.2) is 13.1 Å². The first-order chi connectivity index (χ1) is 9.74. The zero-order valence-corrected chi connectivity index (χ0v) is 13.8. The molecule has 1 aromatic carbocycles. The molecule has 0 saturated heterocycles. The van der Waals surface area contributed by atoms with Gasteiger partial charge in [0, 0.05) is 18.7 Å². The largest absolute Gasteiger partial charge is 0.332 e. The maximum Gasteiger partial charge on any atom is 0.240 e. The van der Waals surface area contributed by atoms with Gasteiger partial charge in [-0.3, -0.25) is 4.79 Å². The third kappa shape index (κ3) is 5.78. The molecule has 0 fully saturated rings. The minimum absolute atomic E-state index is 0.125. The standard InChI is InChI=1S/C13H19N3O3S2/c1-4-9(2)16-21(18,19)12-7-5-11(6-8-12)15-13(20)14-10(3)17/h5-9,16H,4H2,1-3H3,(H2,14,15,17,20). The Morgan fingerprint density at radius 3 is 2.33 bits per heavy atom. The highest BCUT2D eigenvalue weighted by atomic mass is 32.2. The Morgan fingerprint density at radius 2 is 1.86 bits per heavy atom.